The number of ketones is 1. The number of hydrogen-bond donors (Lipinski definition) is 1. The average molecular weight is 151 g/mol. The number of carbonyl (C=O) groups excluding carboxylic acids is 1. The van der Waals surface area contributed by atoms with E-state index < -0.39 is 0 Å². The fourth-order valence-electron chi connectivity index (χ4n) is 1.13. The van der Waals surface area contributed by atoms with Gasteiger partial charge < -0.3 is 5.32 Å². The van der Waals surface area contributed by atoms with E-state index in [4.69, 9.17) is 6.42 Å². The Labute approximate surface area is 67.4 Å². The third kappa shape index (κ3) is 2.73. The molecule has 1 saturated heterocycles. The first-order valence-corrected chi connectivity index (χ1v) is 3.99. The number of carbonyl (C=O) groups is 1. The number of terminal acetylenes is 1. The quantitative estimate of drug-likeness (QED) is 0.595. The molecule has 0 atom stereocenters. The summed E-state index contributed by atoms with van der Waals surface area (Å²) >= 11 is 0. The summed E-state index contributed by atoms with van der Waals surface area (Å²) in [5.74, 6) is 3.37. The molecule has 2 nitrogen and oxygen atoms in total. The van der Waals surface area contributed by atoms with E-state index in [1.165, 1.54) is 0 Å². The summed E-state index contributed by atoms with van der Waals surface area (Å²) in [5, 5.41) is 3.13. The molecule has 0 aromatic heterocycles. The van der Waals surface area contributed by atoms with E-state index in [-0.39, 0.29) is 0 Å². The van der Waals surface area contributed by atoms with Crippen molar-refractivity contribution in [2.24, 2.45) is 5.92 Å². The maximum atomic E-state index is 11.1. The Kier molecular flexibility index (Phi) is 3.13. The minimum Gasteiger partial charge on any atom is -0.316 e. The first-order chi connectivity index (χ1) is 5.33. The molecule has 1 heterocycles. The van der Waals surface area contributed by atoms with Crippen LogP contribution in [0.3, 0.4) is 0 Å². The number of nitrogens with one attached hydrogen (secondary N) is 1. The fraction of sp³-hybridized carbons (Fsp3) is 0.667. The highest BCUT2D eigenvalue weighted by atomic mass is 16.1. The van der Waals surface area contributed by atoms with E-state index in [1.54, 1.807) is 0 Å². The summed E-state index contributed by atoms with van der Waals surface area (Å²) in [6, 6.07) is 0. The standard InChI is InChI=1S/C9H13NO/c1-2-3-4-9(11)5-8-6-10-7-8/h1,8,10H,3-7H2. The first-order valence-electron chi connectivity index (χ1n) is 3.99. The third-order valence-electron chi connectivity index (χ3n) is 1.93. The van der Waals surface area contributed by atoms with E-state index in [0.29, 0.717) is 31.0 Å². The minimum absolute atomic E-state index is 0.314. The zero-order valence-corrected chi connectivity index (χ0v) is 6.60. The summed E-state index contributed by atoms with van der Waals surface area (Å²) in [4.78, 5) is 11.1. The molecule has 0 spiro atoms. The van der Waals surface area contributed by atoms with E-state index in [0.717, 1.165) is 13.1 Å². The van der Waals surface area contributed by atoms with E-state index in [1.807, 2.05) is 0 Å². The van der Waals surface area contributed by atoms with Gasteiger partial charge in [-0.25, -0.2) is 0 Å². The molecule has 1 rings (SSSR count). The van der Waals surface area contributed by atoms with Gasteiger partial charge in [0.1, 0.15) is 5.78 Å². The van der Waals surface area contributed by atoms with Gasteiger partial charge in [-0.1, -0.05) is 0 Å². The monoisotopic (exact) mass is 151 g/mol. The second kappa shape index (κ2) is 4.15. The van der Waals surface area contributed by atoms with Crippen LogP contribution >= 0.6 is 0 Å². The first kappa shape index (κ1) is 8.29. The molecule has 0 amide bonds. The molecule has 0 bridgehead atoms. The predicted molar refractivity (Wildman–Crippen MR) is 44.1 cm³/mol. The van der Waals surface area contributed by atoms with Crippen molar-refractivity contribution in [3.63, 3.8) is 0 Å². The largest absolute Gasteiger partial charge is 0.316 e. The molecular weight excluding hydrogens is 138 g/mol. The molecule has 60 valence electrons. The van der Waals surface area contributed by atoms with Crippen LogP contribution in [0.1, 0.15) is 19.3 Å². The Balaban J connectivity index is 2.06. The number of Topliss-reactive ketones (excluding diaryl/α,β-unsaturated/α-hetero) is 1. The van der Waals surface area contributed by atoms with Crippen molar-refractivity contribution in [3.05, 3.63) is 0 Å². The van der Waals surface area contributed by atoms with Crippen LogP contribution in [0.4, 0.5) is 0 Å². The summed E-state index contributed by atoms with van der Waals surface area (Å²) in [6.45, 7) is 2.00. The molecule has 0 aliphatic carbocycles. The smallest absolute Gasteiger partial charge is 0.134 e. The topological polar surface area (TPSA) is 29.1 Å². The van der Waals surface area contributed by atoms with Gasteiger partial charge in [0.15, 0.2) is 0 Å². The lowest BCUT2D eigenvalue weighted by Crippen LogP contribution is -2.42. The van der Waals surface area contributed by atoms with Gasteiger partial charge in [0.05, 0.1) is 0 Å². The van der Waals surface area contributed by atoms with Crippen LogP contribution in [0.2, 0.25) is 0 Å². The highest BCUT2D eigenvalue weighted by Gasteiger charge is 2.19. The molecule has 0 unspecified atom stereocenters. The van der Waals surface area contributed by atoms with Crippen LogP contribution in [-0.2, 0) is 4.79 Å². The van der Waals surface area contributed by atoms with Gasteiger partial charge in [-0.2, -0.15) is 0 Å². The molecule has 1 aliphatic heterocycles. The van der Waals surface area contributed by atoms with Crippen LogP contribution in [0.25, 0.3) is 0 Å². The van der Waals surface area contributed by atoms with Crippen LogP contribution in [0.5, 0.6) is 0 Å². The molecule has 0 aromatic rings. The van der Waals surface area contributed by atoms with E-state index >= 15 is 0 Å². The van der Waals surface area contributed by atoms with E-state index in [2.05, 4.69) is 11.2 Å². The zero-order valence-electron chi connectivity index (χ0n) is 6.60. The maximum absolute atomic E-state index is 11.1. The second-order valence-corrected chi connectivity index (χ2v) is 2.97. The highest BCUT2D eigenvalue weighted by molar-refractivity contribution is 5.79. The Morgan fingerprint density at radius 3 is 2.82 bits per heavy atom. The van der Waals surface area contributed by atoms with Crippen molar-refractivity contribution in [3.8, 4) is 12.3 Å². The predicted octanol–water partition coefficient (Wildman–Crippen LogP) is 0.578. The van der Waals surface area contributed by atoms with Gasteiger partial charge in [0, 0.05) is 19.3 Å². The highest BCUT2D eigenvalue weighted by Crippen LogP contribution is 2.10. The maximum Gasteiger partial charge on any atom is 0.134 e. The minimum atomic E-state index is 0.314. The summed E-state index contributed by atoms with van der Waals surface area (Å²) < 4.78 is 0. The van der Waals surface area contributed by atoms with Crippen LogP contribution in [-0.4, -0.2) is 18.9 Å². The van der Waals surface area contributed by atoms with Crippen molar-refractivity contribution in [1.82, 2.24) is 5.32 Å². The number of hydrogen-bond acceptors (Lipinski definition) is 2. The lowest BCUT2D eigenvalue weighted by atomic mass is 9.95. The molecule has 0 radical (unpaired) electrons. The Bertz CT molecular complexity index is 176. The van der Waals surface area contributed by atoms with Crippen molar-refractivity contribution in [2.75, 3.05) is 13.1 Å². The van der Waals surface area contributed by atoms with Gasteiger partial charge in [0.25, 0.3) is 0 Å². The number of rotatable bonds is 4. The van der Waals surface area contributed by atoms with Gasteiger partial charge in [-0.05, 0) is 19.0 Å². The third-order valence-corrected chi connectivity index (χ3v) is 1.93. The van der Waals surface area contributed by atoms with Crippen molar-refractivity contribution in [2.45, 2.75) is 19.3 Å². The second-order valence-electron chi connectivity index (χ2n) is 2.97. The van der Waals surface area contributed by atoms with Gasteiger partial charge in [-0.3, -0.25) is 4.79 Å². The lowest BCUT2D eigenvalue weighted by Gasteiger charge is -2.26. The Morgan fingerprint density at radius 1 is 1.64 bits per heavy atom. The summed E-state index contributed by atoms with van der Waals surface area (Å²) in [6.07, 6.45) is 6.92. The summed E-state index contributed by atoms with van der Waals surface area (Å²) in [5.41, 5.74) is 0. The van der Waals surface area contributed by atoms with Crippen molar-refractivity contribution in [1.29, 1.82) is 0 Å². The molecule has 11 heavy (non-hydrogen) atoms. The van der Waals surface area contributed by atoms with Gasteiger partial charge in [0.2, 0.25) is 0 Å². The molecule has 1 aliphatic rings. The normalized spacial score (nSPS) is 17.0. The SMILES string of the molecule is C#CCCC(=O)CC1CNC1. The molecule has 0 saturated carbocycles. The van der Waals surface area contributed by atoms with Crippen molar-refractivity contribution < 1.29 is 4.79 Å². The Hall–Kier alpha value is -0.810. The molecule has 0 aromatic carbocycles. The molecule has 2 heteroatoms. The summed E-state index contributed by atoms with van der Waals surface area (Å²) in [7, 11) is 0. The van der Waals surface area contributed by atoms with Gasteiger partial charge >= 0.3 is 0 Å². The van der Waals surface area contributed by atoms with E-state index in [9.17, 15) is 4.79 Å². The van der Waals surface area contributed by atoms with Gasteiger partial charge in [-0.15, -0.1) is 12.3 Å². The zero-order chi connectivity index (χ0) is 8.10. The molecular formula is C9H13NO. The van der Waals surface area contributed by atoms with Crippen LogP contribution in [0, 0.1) is 18.3 Å². The molecule has 1 fully saturated rings. The van der Waals surface area contributed by atoms with Crippen molar-refractivity contribution >= 4 is 5.78 Å². The lowest BCUT2D eigenvalue weighted by molar-refractivity contribution is -0.120. The average Bonchev–Trinajstić information content (AvgIpc) is 1.93. The Morgan fingerprint density at radius 2 is 2.36 bits per heavy atom. The van der Waals surface area contributed by atoms with Crippen LogP contribution in [0.15, 0.2) is 0 Å². The fourth-order valence-corrected chi connectivity index (χ4v) is 1.13. The molecule has 1 N–H and O–H groups in total. The van der Waals surface area contributed by atoms with Crippen LogP contribution < -0.4 is 5.32 Å².